The second kappa shape index (κ2) is 10.8. The Balaban J connectivity index is 1.26. The summed E-state index contributed by atoms with van der Waals surface area (Å²) in [6.07, 6.45) is 4.64. The van der Waals surface area contributed by atoms with Crippen molar-refractivity contribution in [2.45, 2.75) is 49.6 Å². The number of rotatable bonds is 7. The first-order valence-electron chi connectivity index (χ1n) is 12.6. The quantitative estimate of drug-likeness (QED) is 0.281. The van der Waals surface area contributed by atoms with Gasteiger partial charge < -0.3 is 10.6 Å². The Morgan fingerprint density at radius 1 is 0.923 bits per heavy atom. The predicted molar refractivity (Wildman–Crippen MR) is 147 cm³/mol. The van der Waals surface area contributed by atoms with Crippen LogP contribution >= 0.6 is 11.6 Å². The third-order valence-corrected chi connectivity index (χ3v) is 8.35. The van der Waals surface area contributed by atoms with Crippen molar-refractivity contribution in [2.75, 3.05) is 5.32 Å². The molecule has 1 saturated carbocycles. The maximum atomic E-state index is 12.9. The zero-order chi connectivity index (χ0) is 27.7. The molecule has 3 aromatic rings. The van der Waals surface area contributed by atoms with Crippen molar-refractivity contribution >= 4 is 55.9 Å². The van der Waals surface area contributed by atoms with E-state index in [1.165, 1.54) is 17.0 Å². The lowest BCUT2D eigenvalue weighted by atomic mass is 9.94. The molecule has 1 fully saturated rings. The first-order valence-corrected chi connectivity index (χ1v) is 14.4. The molecule has 1 aliphatic carbocycles. The smallest absolute Gasteiger partial charge is 0.295 e. The van der Waals surface area contributed by atoms with Gasteiger partial charge in [-0.1, -0.05) is 67.3 Å². The minimum absolute atomic E-state index is 0.0919. The van der Waals surface area contributed by atoms with E-state index in [0.29, 0.717) is 16.6 Å². The van der Waals surface area contributed by atoms with Gasteiger partial charge in [0.25, 0.3) is 27.8 Å². The van der Waals surface area contributed by atoms with Gasteiger partial charge in [-0.25, -0.2) is 0 Å². The number of hydrogen-bond donors (Lipinski definition) is 3. The molecule has 5 rings (SSSR count). The van der Waals surface area contributed by atoms with E-state index in [0.717, 1.165) is 37.7 Å². The Hall–Kier alpha value is -3.73. The number of carbonyl (C=O) groups is 3. The predicted octanol–water partition coefficient (Wildman–Crippen LogP) is 4.58. The van der Waals surface area contributed by atoms with Gasteiger partial charge in [-0.2, -0.15) is 8.42 Å². The molecule has 1 heterocycles. The highest BCUT2D eigenvalue weighted by Gasteiger charge is 2.41. The van der Waals surface area contributed by atoms with Crippen molar-refractivity contribution in [3.05, 3.63) is 82.5 Å². The minimum atomic E-state index is -4.43. The highest BCUT2D eigenvalue weighted by Crippen LogP contribution is 2.31. The van der Waals surface area contributed by atoms with Gasteiger partial charge in [-0.3, -0.25) is 23.8 Å². The van der Waals surface area contributed by atoms with Crippen LogP contribution in [0, 0.1) is 0 Å². The molecule has 0 radical (unpaired) electrons. The van der Waals surface area contributed by atoms with Gasteiger partial charge in [0, 0.05) is 34.6 Å². The van der Waals surface area contributed by atoms with Crippen molar-refractivity contribution < 1.29 is 27.4 Å². The normalized spacial score (nSPS) is 16.7. The van der Waals surface area contributed by atoms with Crippen LogP contribution < -0.4 is 10.6 Å². The Kier molecular flexibility index (Phi) is 7.44. The van der Waals surface area contributed by atoms with Crippen LogP contribution in [0.1, 0.15) is 48.0 Å². The Morgan fingerprint density at radius 3 is 2.28 bits per heavy atom. The molecular weight excluding hydrogens is 542 g/mol. The van der Waals surface area contributed by atoms with Crippen molar-refractivity contribution in [3.63, 3.8) is 0 Å². The number of halogens is 1. The Morgan fingerprint density at radius 2 is 1.59 bits per heavy atom. The summed E-state index contributed by atoms with van der Waals surface area (Å²) < 4.78 is 33.0. The van der Waals surface area contributed by atoms with Gasteiger partial charge in [0.2, 0.25) is 0 Å². The lowest BCUT2D eigenvalue weighted by molar-refractivity contribution is -0.140. The van der Waals surface area contributed by atoms with Gasteiger partial charge in [0.05, 0.1) is 0 Å². The van der Waals surface area contributed by atoms with Crippen LogP contribution in [-0.2, 0) is 26.3 Å². The number of fused-ring (bicyclic) bond motifs is 1. The lowest BCUT2D eigenvalue weighted by Crippen LogP contribution is -2.43. The zero-order valence-corrected chi connectivity index (χ0v) is 22.4. The summed E-state index contributed by atoms with van der Waals surface area (Å²) >= 11 is 6.23. The number of nitrogens with one attached hydrogen (secondary N) is 2. The van der Waals surface area contributed by atoms with Crippen molar-refractivity contribution in [1.82, 2.24) is 10.2 Å². The summed E-state index contributed by atoms with van der Waals surface area (Å²) in [6, 6.07) is 15.8. The molecular formula is C28H26ClN3O6S. The molecule has 202 valence electrons. The largest absolute Gasteiger partial charge is 0.375 e. The summed E-state index contributed by atoms with van der Waals surface area (Å²) in [7, 11) is -4.43. The monoisotopic (exact) mass is 567 g/mol. The number of nitrogens with zero attached hydrogens (tertiary/aromatic N) is 1. The molecule has 0 saturated heterocycles. The van der Waals surface area contributed by atoms with Gasteiger partial charge in [-0.15, -0.1) is 0 Å². The number of anilines is 1. The number of carbonyl (C=O) groups excluding carboxylic acids is 3. The minimum Gasteiger partial charge on any atom is -0.375 e. The number of benzene rings is 3. The van der Waals surface area contributed by atoms with Crippen LogP contribution in [0.25, 0.3) is 10.8 Å². The molecule has 1 aliphatic heterocycles. The van der Waals surface area contributed by atoms with E-state index in [1.54, 1.807) is 48.5 Å². The highest BCUT2D eigenvalue weighted by atomic mass is 35.5. The van der Waals surface area contributed by atoms with Crippen molar-refractivity contribution in [1.29, 1.82) is 0 Å². The number of amides is 3. The Labute approximate surface area is 230 Å². The van der Waals surface area contributed by atoms with E-state index >= 15 is 0 Å². The molecule has 0 aromatic heterocycles. The Bertz CT molecular complexity index is 1610. The topological polar surface area (TPSA) is 133 Å². The summed E-state index contributed by atoms with van der Waals surface area (Å²) in [5.74, 6) is -1.27. The van der Waals surface area contributed by atoms with Crippen LogP contribution in [0.2, 0.25) is 0 Å². The van der Waals surface area contributed by atoms with E-state index < -0.39 is 27.8 Å². The molecule has 0 spiro atoms. The van der Waals surface area contributed by atoms with Gasteiger partial charge in [-0.05, 0) is 42.7 Å². The molecule has 0 bridgehead atoms. The third-order valence-electron chi connectivity index (χ3n) is 7.09. The maximum absolute atomic E-state index is 12.9. The van der Waals surface area contributed by atoms with Crippen LogP contribution in [0.4, 0.5) is 5.69 Å². The van der Waals surface area contributed by atoms with E-state index in [9.17, 15) is 27.4 Å². The molecule has 3 amide bonds. The molecule has 39 heavy (non-hydrogen) atoms. The van der Waals surface area contributed by atoms with Crippen LogP contribution in [0.15, 0.2) is 76.3 Å². The van der Waals surface area contributed by atoms with Crippen LogP contribution in [0.3, 0.4) is 0 Å². The highest BCUT2D eigenvalue weighted by molar-refractivity contribution is 7.86. The average molecular weight is 568 g/mol. The second-order valence-corrected chi connectivity index (χ2v) is 11.4. The molecule has 0 unspecified atom stereocenters. The molecule has 3 aromatic carbocycles. The molecule has 11 heteroatoms. The summed E-state index contributed by atoms with van der Waals surface area (Å²) in [4.78, 5) is 39.5. The van der Waals surface area contributed by atoms with Crippen molar-refractivity contribution in [3.8, 4) is 0 Å². The zero-order valence-electron chi connectivity index (χ0n) is 20.8. The summed E-state index contributed by atoms with van der Waals surface area (Å²) in [5, 5.41) is 6.42. The van der Waals surface area contributed by atoms with E-state index in [4.69, 9.17) is 11.6 Å². The number of imide groups is 1. The van der Waals surface area contributed by atoms with Crippen molar-refractivity contribution in [2.24, 2.45) is 0 Å². The lowest BCUT2D eigenvalue weighted by Gasteiger charge is -2.29. The molecule has 9 nitrogen and oxygen atoms in total. The SMILES string of the molecule is O=C(Nc1cccc2c(S(=O)(=O)O)cccc12)c1ccc(CNC2=C(Cl)C(=O)N(C3CCCCC3)C2=O)cc1. The molecule has 0 atom stereocenters. The van der Waals surface area contributed by atoms with Gasteiger partial charge in [0.1, 0.15) is 15.6 Å². The van der Waals surface area contributed by atoms with E-state index in [2.05, 4.69) is 10.6 Å². The first kappa shape index (κ1) is 26.9. The maximum Gasteiger partial charge on any atom is 0.295 e. The number of hydrogen-bond acceptors (Lipinski definition) is 6. The van der Waals surface area contributed by atoms with Gasteiger partial charge >= 0.3 is 0 Å². The average Bonchev–Trinajstić information content (AvgIpc) is 3.14. The van der Waals surface area contributed by atoms with Crippen LogP contribution in [0.5, 0.6) is 0 Å². The van der Waals surface area contributed by atoms with Crippen LogP contribution in [-0.4, -0.2) is 41.6 Å². The van der Waals surface area contributed by atoms with E-state index in [-0.39, 0.29) is 33.6 Å². The standard InChI is InChI=1S/C28H26ClN3O6S/c29-24-25(28(35)32(27(24)34)19-6-2-1-3-7-19)30-16-17-12-14-18(15-13-17)26(33)31-22-10-4-9-21-20(22)8-5-11-23(21)39(36,37)38/h4-5,8-15,19,30H,1-3,6-7,16H2,(H,31,33)(H,36,37,38). The third kappa shape index (κ3) is 5.40. The fourth-order valence-corrected chi connectivity index (χ4v) is 6.06. The molecule has 3 N–H and O–H groups in total. The first-order chi connectivity index (χ1) is 18.6. The van der Waals surface area contributed by atoms with Gasteiger partial charge in [0.15, 0.2) is 0 Å². The molecule has 2 aliphatic rings. The van der Waals surface area contributed by atoms with E-state index in [1.807, 2.05) is 0 Å². The summed E-state index contributed by atoms with van der Waals surface area (Å²) in [6.45, 7) is 0.229. The fraction of sp³-hybridized carbons (Fsp3) is 0.250. The summed E-state index contributed by atoms with van der Waals surface area (Å²) in [5.41, 5.74) is 1.61. The second-order valence-electron chi connectivity index (χ2n) is 9.60. The fourth-order valence-electron chi connectivity index (χ4n) is 5.12.